The largest absolute Gasteiger partial charge is 0.478 e. The van der Waals surface area contributed by atoms with Crippen LogP contribution in [-0.4, -0.2) is 16.9 Å². The molecule has 0 aliphatic rings. The summed E-state index contributed by atoms with van der Waals surface area (Å²) in [6, 6.07) is 0. The van der Waals surface area contributed by atoms with Gasteiger partial charge in [0, 0.05) is 11.6 Å². The first-order valence-corrected chi connectivity index (χ1v) is 5.79. The van der Waals surface area contributed by atoms with Gasteiger partial charge < -0.3 is 5.11 Å². The molecular formula is C15H18O3. The maximum atomic E-state index is 12.1. The molecule has 0 amide bonds. The minimum Gasteiger partial charge on any atom is -0.478 e. The molecule has 0 unspecified atom stereocenters. The number of hydrogen-bond donors (Lipinski definition) is 1. The normalized spacial score (nSPS) is 10.9. The second-order valence-corrected chi connectivity index (χ2v) is 4.54. The highest BCUT2D eigenvalue weighted by atomic mass is 16.4. The Morgan fingerprint density at radius 2 is 1.17 bits per heavy atom. The van der Waals surface area contributed by atoms with Crippen molar-refractivity contribution in [1.29, 1.82) is 0 Å². The molecule has 0 saturated carbocycles. The van der Waals surface area contributed by atoms with Crippen molar-refractivity contribution >= 4 is 11.8 Å². The molecular weight excluding hydrogens is 228 g/mol. The number of aliphatic carboxylic acids is 1. The number of rotatable bonds is 3. The first-order valence-electron chi connectivity index (χ1n) is 5.79. The zero-order chi connectivity index (χ0) is 14.0. The highest BCUT2D eigenvalue weighted by Gasteiger charge is 2.16. The van der Waals surface area contributed by atoms with Crippen LogP contribution in [0.5, 0.6) is 0 Å². The van der Waals surface area contributed by atoms with Crippen LogP contribution in [0.2, 0.25) is 0 Å². The molecule has 0 aromatic heterocycles. The van der Waals surface area contributed by atoms with E-state index in [1.807, 2.05) is 34.6 Å². The molecule has 1 N–H and O–H groups in total. The third-order valence-electron chi connectivity index (χ3n) is 3.62. The Morgan fingerprint density at radius 1 is 0.778 bits per heavy atom. The minimum absolute atomic E-state index is 0.251. The summed E-state index contributed by atoms with van der Waals surface area (Å²) < 4.78 is 0. The maximum absolute atomic E-state index is 12.1. The number of carbonyl (C=O) groups excluding carboxylic acids is 1. The van der Waals surface area contributed by atoms with Crippen LogP contribution in [0.15, 0.2) is 12.2 Å². The van der Waals surface area contributed by atoms with E-state index in [-0.39, 0.29) is 5.78 Å². The van der Waals surface area contributed by atoms with Crippen molar-refractivity contribution in [1.82, 2.24) is 0 Å². The van der Waals surface area contributed by atoms with Crippen molar-refractivity contribution in [3.05, 3.63) is 45.5 Å². The van der Waals surface area contributed by atoms with E-state index in [1.165, 1.54) is 5.56 Å². The summed E-state index contributed by atoms with van der Waals surface area (Å²) >= 11 is 0. The summed E-state index contributed by atoms with van der Waals surface area (Å²) in [5.74, 6) is -1.36. The van der Waals surface area contributed by atoms with Crippen LogP contribution in [0.1, 0.15) is 38.2 Å². The Hall–Kier alpha value is -1.90. The fourth-order valence-electron chi connectivity index (χ4n) is 2.10. The van der Waals surface area contributed by atoms with Gasteiger partial charge in [-0.1, -0.05) is 0 Å². The van der Waals surface area contributed by atoms with E-state index in [0.29, 0.717) is 5.56 Å². The molecule has 1 rings (SSSR count). The lowest BCUT2D eigenvalue weighted by molar-refractivity contribution is -0.131. The van der Waals surface area contributed by atoms with Gasteiger partial charge in [0.1, 0.15) is 0 Å². The Morgan fingerprint density at radius 3 is 1.56 bits per heavy atom. The summed E-state index contributed by atoms with van der Waals surface area (Å²) in [4.78, 5) is 22.5. The Kier molecular flexibility index (Phi) is 4.07. The average Bonchev–Trinajstić information content (AvgIpc) is 2.31. The summed E-state index contributed by atoms with van der Waals surface area (Å²) in [6.07, 6.45) is 2.00. The molecule has 0 radical (unpaired) electrons. The van der Waals surface area contributed by atoms with E-state index in [0.717, 1.165) is 34.4 Å². The van der Waals surface area contributed by atoms with Crippen LogP contribution < -0.4 is 0 Å². The number of benzene rings is 1. The van der Waals surface area contributed by atoms with Crippen molar-refractivity contribution in [2.75, 3.05) is 0 Å². The van der Waals surface area contributed by atoms with E-state index in [9.17, 15) is 9.59 Å². The predicted molar refractivity (Wildman–Crippen MR) is 71.2 cm³/mol. The minimum atomic E-state index is -1.11. The second kappa shape index (κ2) is 5.17. The first-order chi connectivity index (χ1) is 8.27. The lowest BCUT2D eigenvalue weighted by Gasteiger charge is -2.16. The third kappa shape index (κ3) is 2.50. The molecule has 1 aromatic carbocycles. The molecule has 3 heteroatoms. The summed E-state index contributed by atoms with van der Waals surface area (Å²) in [6.45, 7) is 9.79. The molecule has 0 aliphatic carbocycles. The van der Waals surface area contributed by atoms with E-state index >= 15 is 0 Å². The zero-order valence-electron chi connectivity index (χ0n) is 11.4. The van der Waals surface area contributed by atoms with Crippen LogP contribution in [0, 0.1) is 34.6 Å². The molecule has 0 atom stereocenters. The van der Waals surface area contributed by atoms with Crippen LogP contribution in [0.4, 0.5) is 0 Å². The highest BCUT2D eigenvalue weighted by molar-refractivity contribution is 6.09. The lowest BCUT2D eigenvalue weighted by Crippen LogP contribution is -2.08. The van der Waals surface area contributed by atoms with Gasteiger partial charge in [0.05, 0.1) is 0 Å². The van der Waals surface area contributed by atoms with Crippen molar-refractivity contribution in [3.8, 4) is 0 Å². The van der Waals surface area contributed by atoms with Crippen LogP contribution in [-0.2, 0) is 4.79 Å². The molecule has 18 heavy (non-hydrogen) atoms. The SMILES string of the molecule is Cc1c(C)c(C)c(C(=O)/C=C/C(=O)O)c(C)c1C. The van der Waals surface area contributed by atoms with E-state index in [2.05, 4.69) is 0 Å². The molecule has 3 nitrogen and oxygen atoms in total. The standard InChI is InChI=1S/C15H18O3/c1-8-9(2)11(4)15(12(5)10(8)3)13(16)6-7-14(17)18/h6-7H,1-5H3,(H,17,18)/b7-6+. The van der Waals surface area contributed by atoms with E-state index < -0.39 is 5.97 Å². The topological polar surface area (TPSA) is 54.4 Å². The number of allylic oxidation sites excluding steroid dienone is 1. The lowest BCUT2D eigenvalue weighted by atomic mass is 9.87. The van der Waals surface area contributed by atoms with Gasteiger partial charge in [0.15, 0.2) is 5.78 Å². The number of carboxylic acid groups (broad SMARTS) is 1. The quantitative estimate of drug-likeness (QED) is 0.658. The fourth-order valence-corrected chi connectivity index (χ4v) is 2.10. The molecule has 0 aliphatic heterocycles. The zero-order valence-corrected chi connectivity index (χ0v) is 11.4. The summed E-state index contributed by atoms with van der Waals surface area (Å²) in [5.41, 5.74) is 5.83. The number of carboxylic acids is 1. The number of hydrogen-bond acceptors (Lipinski definition) is 2. The number of carbonyl (C=O) groups is 2. The molecule has 0 heterocycles. The van der Waals surface area contributed by atoms with Crippen molar-refractivity contribution in [2.24, 2.45) is 0 Å². The molecule has 0 spiro atoms. The Labute approximate surface area is 107 Å². The van der Waals surface area contributed by atoms with Crippen molar-refractivity contribution in [3.63, 3.8) is 0 Å². The van der Waals surface area contributed by atoms with E-state index in [4.69, 9.17) is 5.11 Å². The smallest absolute Gasteiger partial charge is 0.328 e. The molecule has 0 bridgehead atoms. The van der Waals surface area contributed by atoms with Gasteiger partial charge in [-0.2, -0.15) is 0 Å². The molecule has 0 fully saturated rings. The van der Waals surface area contributed by atoms with Gasteiger partial charge in [-0.15, -0.1) is 0 Å². The average molecular weight is 246 g/mol. The van der Waals surface area contributed by atoms with Crippen molar-refractivity contribution in [2.45, 2.75) is 34.6 Å². The number of ketones is 1. The van der Waals surface area contributed by atoms with Gasteiger partial charge in [-0.3, -0.25) is 4.79 Å². The molecule has 96 valence electrons. The highest BCUT2D eigenvalue weighted by Crippen LogP contribution is 2.26. The molecule has 1 aromatic rings. The third-order valence-corrected chi connectivity index (χ3v) is 3.62. The first kappa shape index (κ1) is 14.2. The van der Waals surface area contributed by atoms with Crippen LogP contribution in [0.25, 0.3) is 0 Å². The van der Waals surface area contributed by atoms with Gasteiger partial charge in [0.25, 0.3) is 0 Å². The maximum Gasteiger partial charge on any atom is 0.328 e. The van der Waals surface area contributed by atoms with Crippen LogP contribution >= 0.6 is 0 Å². The fraction of sp³-hybridized carbons (Fsp3) is 0.333. The Balaban J connectivity index is 3.42. The van der Waals surface area contributed by atoms with Gasteiger partial charge in [-0.25, -0.2) is 4.79 Å². The Bertz CT molecular complexity index is 522. The molecule has 0 saturated heterocycles. The van der Waals surface area contributed by atoms with Crippen molar-refractivity contribution < 1.29 is 14.7 Å². The van der Waals surface area contributed by atoms with Crippen LogP contribution in [0.3, 0.4) is 0 Å². The van der Waals surface area contributed by atoms with E-state index in [1.54, 1.807) is 0 Å². The van der Waals surface area contributed by atoms with Gasteiger partial charge in [-0.05, 0) is 68.5 Å². The summed E-state index contributed by atoms with van der Waals surface area (Å²) in [5, 5.41) is 8.56. The van der Waals surface area contributed by atoms with Gasteiger partial charge >= 0.3 is 5.97 Å². The summed E-state index contributed by atoms with van der Waals surface area (Å²) in [7, 11) is 0. The van der Waals surface area contributed by atoms with Gasteiger partial charge in [0.2, 0.25) is 0 Å². The monoisotopic (exact) mass is 246 g/mol. The second-order valence-electron chi connectivity index (χ2n) is 4.54. The predicted octanol–water partition coefficient (Wildman–Crippen LogP) is 3.05.